The van der Waals surface area contributed by atoms with Gasteiger partial charge in [0, 0.05) is 23.5 Å². The van der Waals surface area contributed by atoms with Gasteiger partial charge in [0.15, 0.2) is 5.65 Å². The van der Waals surface area contributed by atoms with Crippen molar-refractivity contribution in [2.45, 2.75) is 26.7 Å². The molecule has 0 bridgehead atoms. The molecule has 0 unspecified atom stereocenters. The monoisotopic (exact) mass is 453 g/mol. The van der Waals surface area contributed by atoms with E-state index in [0.29, 0.717) is 17.8 Å². The van der Waals surface area contributed by atoms with E-state index in [2.05, 4.69) is 15.4 Å². The van der Waals surface area contributed by atoms with Gasteiger partial charge in [-0.25, -0.2) is 19.1 Å². The first kappa shape index (κ1) is 23.4. The second-order valence-corrected chi connectivity index (χ2v) is 7.25. The van der Waals surface area contributed by atoms with Crippen LogP contribution in [0.4, 0.5) is 5.69 Å². The zero-order valence-corrected chi connectivity index (χ0v) is 18.6. The first-order valence-electron chi connectivity index (χ1n) is 9.91. The van der Waals surface area contributed by atoms with E-state index in [4.69, 9.17) is 15.2 Å². The van der Waals surface area contributed by atoms with Gasteiger partial charge in [0.25, 0.3) is 5.91 Å². The van der Waals surface area contributed by atoms with Crippen molar-refractivity contribution >= 4 is 35.1 Å². The fourth-order valence-electron chi connectivity index (χ4n) is 3.48. The molecule has 0 aliphatic rings. The number of rotatable bonds is 7. The molecule has 0 saturated heterocycles. The number of carbonyl (C=O) groups excluding carboxylic acids is 4. The molecule has 11 nitrogen and oxygen atoms in total. The van der Waals surface area contributed by atoms with Crippen LogP contribution in [0.25, 0.3) is 5.65 Å². The van der Waals surface area contributed by atoms with Gasteiger partial charge in [0.1, 0.15) is 5.56 Å². The van der Waals surface area contributed by atoms with Crippen molar-refractivity contribution in [3.05, 3.63) is 58.0 Å². The Hall–Kier alpha value is -4.28. The summed E-state index contributed by atoms with van der Waals surface area (Å²) in [6.07, 6.45) is 1.80. The van der Waals surface area contributed by atoms with Crippen molar-refractivity contribution in [2.24, 2.45) is 5.73 Å². The van der Waals surface area contributed by atoms with Crippen molar-refractivity contribution in [2.75, 3.05) is 19.5 Å². The van der Waals surface area contributed by atoms with Crippen molar-refractivity contribution in [3.8, 4) is 0 Å². The summed E-state index contributed by atoms with van der Waals surface area (Å²) in [7, 11) is 2.43. The third-order valence-electron chi connectivity index (χ3n) is 5.14. The molecule has 0 fully saturated rings. The molecule has 3 rings (SSSR count). The first-order valence-corrected chi connectivity index (χ1v) is 9.91. The van der Waals surface area contributed by atoms with Crippen LogP contribution in [-0.4, -0.2) is 52.6 Å². The topological polar surface area (TPSA) is 155 Å². The zero-order chi connectivity index (χ0) is 24.3. The van der Waals surface area contributed by atoms with E-state index in [1.165, 1.54) is 43.1 Å². The van der Waals surface area contributed by atoms with Crippen molar-refractivity contribution in [1.29, 1.82) is 0 Å². The van der Waals surface area contributed by atoms with Gasteiger partial charge >= 0.3 is 11.9 Å². The molecule has 3 N–H and O–H groups in total. The Morgan fingerprint density at radius 1 is 1.03 bits per heavy atom. The van der Waals surface area contributed by atoms with Crippen LogP contribution in [0.1, 0.15) is 54.4 Å². The number of hydrogen-bond acceptors (Lipinski definition) is 8. The zero-order valence-electron chi connectivity index (χ0n) is 18.6. The third kappa shape index (κ3) is 4.81. The van der Waals surface area contributed by atoms with Gasteiger partial charge in [0.2, 0.25) is 5.91 Å². The number of anilines is 1. The Balaban J connectivity index is 1.81. The minimum absolute atomic E-state index is 0.0921. The normalized spacial score (nSPS) is 10.7. The number of esters is 2. The van der Waals surface area contributed by atoms with E-state index in [9.17, 15) is 19.2 Å². The number of ether oxygens (including phenoxy) is 2. The van der Waals surface area contributed by atoms with E-state index < -0.39 is 17.8 Å². The van der Waals surface area contributed by atoms with E-state index in [0.717, 1.165) is 11.3 Å². The highest BCUT2D eigenvalue weighted by Gasteiger charge is 2.18. The van der Waals surface area contributed by atoms with E-state index in [-0.39, 0.29) is 34.7 Å². The van der Waals surface area contributed by atoms with Gasteiger partial charge in [-0.05, 0) is 44.0 Å². The number of methoxy groups -OCH3 is 2. The number of carbonyl (C=O) groups is 4. The lowest BCUT2D eigenvalue weighted by Gasteiger charge is -2.12. The van der Waals surface area contributed by atoms with Crippen LogP contribution >= 0.6 is 0 Å². The Morgan fingerprint density at radius 3 is 2.18 bits per heavy atom. The summed E-state index contributed by atoms with van der Waals surface area (Å²) in [5, 5.41) is 6.86. The standard InChI is InChI=1S/C22H23N5O6/c1-11-16(12(2)27-20(25-11)17(10-24-27)19(23)29)5-6-18(28)26-15-8-13(21(30)32-3)7-14(9-15)22(31)33-4/h7-10H,5-6H2,1-4H3,(H2,23,29)(H,26,28). The molecule has 172 valence electrons. The van der Waals surface area contributed by atoms with Crippen LogP contribution in [0.3, 0.4) is 0 Å². The molecule has 0 radical (unpaired) electrons. The minimum Gasteiger partial charge on any atom is -0.465 e. The molecule has 3 aromatic rings. The summed E-state index contributed by atoms with van der Waals surface area (Å²) < 4.78 is 10.9. The van der Waals surface area contributed by atoms with Gasteiger partial charge in [0.05, 0.1) is 31.5 Å². The maximum Gasteiger partial charge on any atom is 0.337 e. The average Bonchev–Trinajstić information content (AvgIpc) is 3.21. The molecule has 0 spiro atoms. The van der Waals surface area contributed by atoms with E-state index in [1.807, 2.05) is 6.92 Å². The first-order chi connectivity index (χ1) is 15.7. The third-order valence-corrected chi connectivity index (χ3v) is 5.14. The Kier molecular flexibility index (Phi) is 6.71. The van der Waals surface area contributed by atoms with E-state index in [1.54, 1.807) is 6.92 Å². The predicted molar refractivity (Wildman–Crippen MR) is 117 cm³/mol. The van der Waals surface area contributed by atoms with Gasteiger partial charge in [-0.15, -0.1) is 0 Å². The summed E-state index contributed by atoms with van der Waals surface area (Å²) in [5.74, 6) is -2.28. The number of aryl methyl sites for hydroxylation is 2. The predicted octanol–water partition coefficient (Wildman–Crippen LogP) is 1.59. The summed E-state index contributed by atoms with van der Waals surface area (Å²) >= 11 is 0. The maximum atomic E-state index is 12.6. The molecule has 0 atom stereocenters. The molecular weight excluding hydrogens is 430 g/mol. The second kappa shape index (κ2) is 9.47. The highest BCUT2D eigenvalue weighted by atomic mass is 16.5. The molecule has 33 heavy (non-hydrogen) atoms. The lowest BCUT2D eigenvalue weighted by Crippen LogP contribution is -2.16. The van der Waals surface area contributed by atoms with Gasteiger partial charge in [-0.1, -0.05) is 0 Å². The SMILES string of the molecule is COC(=O)c1cc(NC(=O)CCc2c(C)nc3c(C(N)=O)cnn3c2C)cc(C(=O)OC)c1. The highest BCUT2D eigenvalue weighted by Crippen LogP contribution is 2.20. The number of fused-ring (bicyclic) bond motifs is 1. The van der Waals surface area contributed by atoms with Crippen LogP contribution in [0.15, 0.2) is 24.4 Å². The van der Waals surface area contributed by atoms with Crippen LogP contribution in [0.5, 0.6) is 0 Å². The van der Waals surface area contributed by atoms with Crippen molar-refractivity contribution < 1.29 is 28.7 Å². The Labute approximate surface area is 188 Å². The smallest absolute Gasteiger partial charge is 0.337 e. The fourth-order valence-corrected chi connectivity index (χ4v) is 3.48. The number of amides is 2. The summed E-state index contributed by atoms with van der Waals surface area (Å²) in [4.78, 5) is 52.4. The lowest BCUT2D eigenvalue weighted by atomic mass is 10.1. The summed E-state index contributed by atoms with van der Waals surface area (Å²) in [5.41, 5.74) is 8.58. The van der Waals surface area contributed by atoms with Crippen LogP contribution in [0.2, 0.25) is 0 Å². The largest absolute Gasteiger partial charge is 0.465 e. The number of hydrogen-bond donors (Lipinski definition) is 2. The molecule has 0 aliphatic heterocycles. The fraction of sp³-hybridized carbons (Fsp3) is 0.273. The number of nitrogens with one attached hydrogen (secondary N) is 1. The number of nitrogens with zero attached hydrogens (tertiary/aromatic N) is 3. The van der Waals surface area contributed by atoms with Crippen molar-refractivity contribution in [3.63, 3.8) is 0 Å². The molecule has 2 aromatic heterocycles. The quantitative estimate of drug-likeness (QED) is 0.511. The molecule has 0 saturated carbocycles. The molecule has 11 heteroatoms. The summed E-state index contributed by atoms with van der Waals surface area (Å²) in [6, 6.07) is 4.15. The average molecular weight is 453 g/mol. The molecule has 2 amide bonds. The Bertz CT molecular complexity index is 1250. The number of benzene rings is 1. The number of aromatic nitrogens is 3. The van der Waals surface area contributed by atoms with Gasteiger partial charge in [-0.3, -0.25) is 9.59 Å². The van der Waals surface area contributed by atoms with Gasteiger partial charge < -0.3 is 20.5 Å². The molecular formula is C22H23N5O6. The Morgan fingerprint density at radius 2 is 1.64 bits per heavy atom. The van der Waals surface area contributed by atoms with Crippen LogP contribution < -0.4 is 11.1 Å². The summed E-state index contributed by atoms with van der Waals surface area (Å²) in [6.45, 7) is 3.59. The van der Waals surface area contributed by atoms with E-state index >= 15 is 0 Å². The molecule has 1 aromatic carbocycles. The minimum atomic E-state index is -0.656. The van der Waals surface area contributed by atoms with Crippen molar-refractivity contribution in [1.82, 2.24) is 14.6 Å². The molecule has 2 heterocycles. The van der Waals surface area contributed by atoms with Crippen LogP contribution in [-0.2, 0) is 20.7 Å². The highest BCUT2D eigenvalue weighted by molar-refractivity contribution is 6.00. The maximum absolute atomic E-state index is 12.6. The second-order valence-electron chi connectivity index (χ2n) is 7.25. The number of primary amides is 1. The molecule has 0 aliphatic carbocycles. The van der Waals surface area contributed by atoms with Crippen LogP contribution in [0, 0.1) is 13.8 Å². The number of nitrogens with two attached hydrogens (primary N) is 1. The van der Waals surface area contributed by atoms with Gasteiger partial charge in [-0.2, -0.15) is 5.10 Å². The lowest BCUT2D eigenvalue weighted by molar-refractivity contribution is -0.116.